The van der Waals surface area contributed by atoms with Crippen LogP contribution in [0, 0.1) is 11.8 Å². The number of benzene rings is 2. The van der Waals surface area contributed by atoms with Crippen LogP contribution in [0.15, 0.2) is 64.5 Å². The number of hydrogen-bond donors (Lipinski definition) is 0. The molecular formula is C31H36N2O13P3S-3. The zero-order valence-electron chi connectivity index (χ0n) is 26.8. The highest BCUT2D eigenvalue weighted by atomic mass is 32.2. The Morgan fingerprint density at radius 3 is 2.36 bits per heavy atom. The normalized spacial score (nSPS) is 29.3. The van der Waals surface area contributed by atoms with E-state index in [4.69, 9.17) is 18.7 Å². The Labute approximate surface area is 292 Å². The maximum Gasteiger partial charge on any atom is 0.350 e. The van der Waals surface area contributed by atoms with Gasteiger partial charge in [-0.05, 0) is 54.0 Å². The smallest absolute Gasteiger partial charge is 0.350 e. The minimum absolute atomic E-state index is 0.0849. The minimum atomic E-state index is -6.00. The van der Waals surface area contributed by atoms with Crippen LogP contribution in [0.3, 0.4) is 0 Å². The van der Waals surface area contributed by atoms with Crippen LogP contribution in [-0.2, 0) is 47.2 Å². The molecule has 7 rings (SSSR count). The molecule has 1 aromatic heterocycles. The van der Waals surface area contributed by atoms with Crippen molar-refractivity contribution >= 4 is 45.8 Å². The standard InChI is InChI=1S/C31H39N2O13P3S/c34-31-32-26(50-19-20-13-14-20)15-16-33(31)29-28-27(43-30(44-28)22-8-2-1-3-9-22)25(42-29)17-41-48(37,38)46-49(39,40)45-47(35,36)18-23-11-6-10-21-7-4-5-12-24(21)23/h4-7,10-12,15-16,20,22,25,27-30H,1-3,8-9,13-14,17-19H2,(H,35,36)(H,37,38)(H,39,40)/p-3/t25-,27+,28?,29-,30?/m1/s1. The van der Waals surface area contributed by atoms with E-state index in [9.17, 15) is 33.2 Å². The minimum Gasteiger partial charge on any atom is -0.778 e. The van der Waals surface area contributed by atoms with E-state index in [0.29, 0.717) is 21.7 Å². The van der Waals surface area contributed by atoms with E-state index >= 15 is 0 Å². The van der Waals surface area contributed by atoms with Gasteiger partial charge in [0.2, 0.25) is 0 Å². The van der Waals surface area contributed by atoms with Crippen molar-refractivity contribution in [3.63, 3.8) is 0 Å². The number of thioether (sulfide) groups is 1. The predicted octanol–water partition coefficient (Wildman–Crippen LogP) is 4.23. The molecule has 2 aliphatic carbocycles. The van der Waals surface area contributed by atoms with Crippen molar-refractivity contribution in [3.8, 4) is 0 Å². The molecule has 2 saturated carbocycles. The largest absolute Gasteiger partial charge is 0.778 e. The van der Waals surface area contributed by atoms with Gasteiger partial charge in [0.15, 0.2) is 12.5 Å². The van der Waals surface area contributed by atoms with E-state index in [1.165, 1.54) is 22.4 Å². The zero-order chi connectivity index (χ0) is 35.1. The quantitative estimate of drug-likeness (QED) is 0.128. The van der Waals surface area contributed by atoms with Crippen LogP contribution < -0.4 is 20.4 Å². The van der Waals surface area contributed by atoms with Crippen LogP contribution in [0.4, 0.5) is 0 Å². The van der Waals surface area contributed by atoms with Gasteiger partial charge in [0.25, 0.3) is 15.6 Å². The van der Waals surface area contributed by atoms with E-state index in [1.807, 2.05) is 0 Å². The fourth-order valence-corrected chi connectivity index (χ4v) is 11.7. The Morgan fingerprint density at radius 1 is 0.860 bits per heavy atom. The van der Waals surface area contributed by atoms with E-state index in [0.717, 1.165) is 50.7 Å². The second kappa shape index (κ2) is 14.9. The predicted molar refractivity (Wildman–Crippen MR) is 175 cm³/mol. The van der Waals surface area contributed by atoms with Gasteiger partial charge in [-0.1, -0.05) is 61.7 Å². The average Bonchev–Trinajstić information content (AvgIpc) is 3.69. The first-order valence-corrected chi connectivity index (χ1v) is 22.1. The van der Waals surface area contributed by atoms with Crippen LogP contribution in [0.2, 0.25) is 0 Å². The molecule has 4 fully saturated rings. The zero-order valence-corrected chi connectivity index (χ0v) is 30.3. The Bertz CT molecular complexity index is 1900. The summed E-state index contributed by atoms with van der Waals surface area (Å²) in [5.41, 5.74) is -0.342. The highest BCUT2D eigenvalue weighted by molar-refractivity contribution is 7.99. The van der Waals surface area contributed by atoms with E-state index in [-0.39, 0.29) is 11.5 Å². The number of aromatic nitrogens is 2. The molecule has 15 nitrogen and oxygen atoms in total. The van der Waals surface area contributed by atoms with Crippen LogP contribution in [0.5, 0.6) is 0 Å². The molecule has 50 heavy (non-hydrogen) atoms. The van der Waals surface area contributed by atoms with Gasteiger partial charge >= 0.3 is 5.69 Å². The molecule has 19 heteroatoms. The first-order chi connectivity index (χ1) is 23.8. The van der Waals surface area contributed by atoms with Crippen LogP contribution in [0.25, 0.3) is 10.8 Å². The fourth-order valence-electron chi connectivity index (χ4n) is 6.65. The molecule has 0 N–H and O–H groups in total. The molecule has 0 amide bonds. The fraction of sp³-hybridized carbons (Fsp3) is 0.548. The summed E-state index contributed by atoms with van der Waals surface area (Å²) < 4.78 is 71.1. The number of fused-ring (bicyclic) bond motifs is 2. The molecule has 2 aliphatic heterocycles. The number of ether oxygens (including phenoxy) is 3. The molecule has 8 atom stereocenters. The first-order valence-electron chi connectivity index (χ1n) is 16.5. The molecular weight excluding hydrogens is 733 g/mol. The second-order valence-electron chi connectivity index (χ2n) is 13.0. The third-order valence-corrected chi connectivity index (χ3v) is 15.0. The number of phosphoric acid groups is 2. The highest BCUT2D eigenvalue weighted by Crippen LogP contribution is 2.63. The number of rotatable bonds is 14. The molecule has 0 radical (unpaired) electrons. The molecule has 0 spiro atoms. The summed E-state index contributed by atoms with van der Waals surface area (Å²) in [5.74, 6) is 1.59. The molecule has 272 valence electrons. The lowest BCUT2D eigenvalue weighted by Crippen LogP contribution is -2.34. The summed E-state index contributed by atoms with van der Waals surface area (Å²) in [7, 11) is -17.0. The maximum absolute atomic E-state index is 13.1. The number of phosphoric ester groups is 1. The molecule has 2 saturated heterocycles. The molecule has 3 heterocycles. The number of nitrogens with zero attached hydrogens (tertiary/aromatic N) is 2. The third kappa shape index (κ3) is 8.89. The molecule has 5 unspecified atom stereocenters. The van der Waals surface area contributed by atoms with Gasteiger partial charge in [-0.15, -0.1) is 11.8 Å². The molecule has 4 aliphatic rings. The Balaban J connectivity index is 1.02. The first kappa shape index (κ1) is 36.6. The van der Waals surface area contributed by atoms with Crippen molar-refractivity contribution < 1.29 is 55.7 Å². The van der Waals surface area contributed by atoms with Crippen molar-refractivity contribution in [1.29, 1.82) is 0 Å². The van der Waals surface area contributed by atoms with Crippen molar-refractivity contribution in [2.24, 2.45) is 11.8 Å². The van der Waals surface area contributed by atoms with Gasteiger partial charge in [-0.2, -0.15) is 4.98 Å². The topological polar surface area (TPSA) is 211 Å². The van der Waals surface area contributed by atoms with Crippen LogP contribution in [0.1, 0.15) is 56.7 Å². The summed E-state index contributed by atoms with van der Waals surface area (Å²) in [6, 6.07) is 13.4. The lowest BCUT2D eigenvalue weighted by atomic mass is 9.89. The monoisotopic (exact) mass is 769 g/mol. The SMILES string of the molecule is O=c1nc(SCC2CC2)ccn1[C@@H]1O[C@H](COP(=O)([O-])OP(=O)([O-])OP(=O)([O-])Cc2cccc3ccccc23)[C@@H]2OC(C3CCCCC3)OC21. The van der Waals surface area contributed by atoms with Gasteiger partial charge < -0.3 is 38.0 Å². The van der Waals surface area contributed by atoms with Crippen molar-refractivity contribution in [2.75, 3.05) is 12.4 Å². The lowest BCUT2D eigenvalue weighted by molar-refractivity contribution is -0.246. The van der Waals surface area contributed by atoms with Gasteiger partial charge in [-0.25, -0.2) is 9.11 Å². The van der Waals surface area contributed by atoms with Crippen LogP contribution in [-0.4, -0.2) is 46.5 Å². The summed E-state index contributed by atoms with van der Waals surface area (Å²) in [4.78, 5) is 55.3. The van der Waals surface area contributed by atoms with Crippen LogP contribution >= 0.6 is 35.0 Å². The van der Waals surface area contributed by atoms with E-state index in [2.05, 4.69) is 13.6 Å². The van der Waals surface area contributed by atoms with Crippen molar-refractivity contribution in [1.82, 2.24) is 9.55 Å². The maximum atomic E-state index is 13.1. The molecule has 0 bridgehead atoms. The van der Waals surface area contributed by atoms with Gasteiger partial charge in [0.1, 0.15) is 30.9 Å². The Kier molecular flexibility index (Phi) is 10.9. The van der Waals surface area contributed by atoms with Gasteiger partial charge in [-0.3, -0.25) is 18.0 Å². The summed E-state index contributed by atoms with van der Waals surface area (Å²) in [6.45, 7) is -0.790. The van der Waals surface area contributed by atoms with E-state index in [1.54, 1.807) is 48.7 Å². The van der Waals surface area contributed by atoms with Crippen molar-refractivity contribution in [3.05, 3.63) is 70.8 Å². The summed E-state index contributed by atoms with van der Waals surface area (Å²) >= 11 is 1.50. The van der Waals surface area contributed by atoms with E-state index < -0.39 is 72.5 Å². The third-order valence-electron chi connectivity index (χ3n) is 9.21. The Morgan fingerprint density at radius 2 is 1.60 bits per heavy atom. The lowest BCUT2D eigenvalue weighted by Gasteiger charge is -2.35. The number of hydrogen-bond acceptors (Lipinski definition) is 15. The van der Waals surface area contributed by atoms with Gasteiger partial charge in [0.05, 0.1) is 6.61 Å². The Hall–Kier alpha value is -1.74. The van der Waals surface area contributed by atoms with Gasteiger partial charge in [0, 0.05) is 24.0 Å². The molecule has 3 aromatic rings. The summed E-state index contributed by atoms with van der Waals surface area (Å²) in [5, 5.41) is 1.84. The average molecular weight is 770 g/mol. The molecule has 2 aromatic carbocycles. The highest BCUT2D eigenvalue weighted by Gasteiger charge is 2.55. The second-order valence-corrected chi connectivity index (χ2v) is 18.9. The van der Waals surface area contributed by atoms with Crippen molar-refractivity contribution in [2.45, 2.75) is 87.0 Å². The summed E-state index contributed by atoms with van der Waals surface area (Å²) in [6.07, 6.45) is 3.33.